The Labute approximate surface area is 375 Å². The van der Waals surface area contributed by atoms with Gasteiger partial charge >= 0.3 is 0 Å². The minimum absolute atomic E-state index is 0.102. The molecule has 0 fully saturated rings. The van der Waals surface area contributed by atoms with Gasteiger partial charge in [-0.15, -0.1) is 0 Å². The SMILES string of the molecule is CC1(C)c2cc(-c3ccc4ccccc4c3)ccc2-c2ccc(-c3c4ccccc4c(-c4cccc5c4-c4ccccc4C5(C)C)c4cc(-c5ccc6ccccc6c5)ccc34)cc21. The van der Waals surface area contributed by atoms with Crippen LogP contribution in [0.2, 0.25) is 0 Å². The van der Waals surface area contributed by atoms with Gasteiger partial charge in [0.15, 0.2) is 0 Å². The van der Waals surface area contributed by atoms with Crippen LogP contribution in [-0.4, -0.2) is 0 Å². The van der Waals surface area contributed by atoms with Crippen molar-refractivity contribution in [3.63, 3.8) is 0 Å². The van der Waals surface area contributed by atoms with E-state index in [-0.39, 0.29) is 10.8 Å². The quantitative estimate of drug-likeness (QED) is 0.155. The van der Waals surface area contributed by atoms with Gasteiger partial charge in [0.1, 0.15) is 0 Å². The van der Waals surface area contributed by atoms with Crippen LogP contribution in [0.25, 0.3) is 110 Å². The van der Waals surface area contributed by atoms with Crippen molar-refractivity contribution in [1.82, 2.24) is 0 Å². The van der Waals surface area contributed by atoms with Crippen LogP contribution in [0, 0.1) is 0 Å². The van der Waals surface area contributed by atoms with Crippen molar-refractivity contribution in [3.8, 4) is 66.8 Å². The summed E-state index contributed by atoms with van der Waals surface area (Å²) in [6, 6.07) is 78.0. The van der Waals surface area contributed by atoms with Crippen LogP contribution in [-0.2, 0) is 10.8 Å². The molecule has 11 aromatic rings. The molecule has 2 aliphatic carbocycles. The van der Waals surface area contributed by atoms with Gasteiger partial charge in [-0.05, 0) is 162 Å². The average molecular weight is 815 g/mol. The van der Waals surface area contributed by atoms with Gasteiger partial charge in [0.05, 0.1) is 0 Å². The van der Waals surface area contributed by atoms with Crippen molar-refractivity contribution in [2.75, 3.05) is 0 Å². The molecule has 0 nitrogen and oxygen atoms in total. The van der Waals surface area contributed by atoms with Crippen LogP contribution in [0.5, 0.6) is 0 Å². The zero-order valence-electron chi connectivity index (χ0n) is 36.6. The number of fused-ring (bicyclic) bond motifs is 10. The molecule has 0 radical (unpaired) electrons. The van der Waals surface area contributed by atoms with Crippen molar-refractivity contribution in [2.45, 2.75) is 38.5 Å². The summed E-state index contributed by atoms with van der Waals surface area (Å²) in [6.45, 7) is 9.60. The highest BCUT2D eigenvalue weighted by molar-refractivity contribution is 6.23. The normalized spacial score (nSPS) is 14.2. The molecule has 0 atom stereocenters. The van der Waals surface area contributed by atoms with E-state index in [2.05, 4.69) is 234 Å². The number of rotatable bonds is 4. The molecule has 302 valence electrons. The number of hydrogen-bond acceptors (Lipinski definition) is 0. The molecule has 0 bridgehead atoms. The predicted molar refractivity (Wildman–Crippen MR) is 273 cm³/mol. The van der Waals surface area contributed by atoms with Crippen LogP contribution in [0.1, 0.15) is 49.9 Å². The second kappa shape index (κ2) is 13.5. The summed E-state index contributed by atoms with van der Waals surface area (Å²) in [5.41, 5.74) is 20.7. The van der Waals surface area contributed by atoms with Crippen molar-refractivity contribution in [2.24, 2.45) is 0 Å². The lowest BCUT2D eigenvalue weighted by Crippen LogP contribution is -2.15. The van der Waals surface area contributed by atoms with E-state index in [9.17, 15) is 0 Å². The molecule has 0 unspecified atom stereocenters. The van der Waals surface area contributed by atoms with Gasteiger partial charge in [0, 0.05) is 10.8 Å². The van der Waals surface area contributed by atoms with Gasteiger partial charge in [-0.1, -0.05) is 204 Å². The van der Waals surface area contributed by atoms with Gasteiger partial charge in [0.25, 0.3) is 0 Å². The molecule has 0 aromatic heterocycles. The topological polar surface area (TPSA) is 0 Å². The molecule has 13 rings (SSSR count). The molecule has 2 aliphatic rings. The zero-order valence-corrected chi connectivity index (χ0v) is 36.6. The third-order valence-corrected chi connectivity index (χ3v) is 15.0. The smallest absolute Gasteiger partial charge is 0.0159 e. The largest absolute Gasteiger partial charge is 0.0619 e. The van der Waals surface area contributed by atoms with Gasteiger partial charge in [-0.25, -0.2) is 0 Å². The summed E-state index contributed by atoms with van der Waals surface area (Å²) in [5, 5.41) is 10.2. The van der Waals surface area contributed by atoms with Gasteiger partial charge in [-0.3, -0.25) is 0 Å². The number of hydrogen-bond donors (Lipinski definition) is 0. The fourth-order valence-corrected chi connectivity index (χ4v) is 11.7. The Kier molecular flexibility index (Phi) is 7.80. The van der Waals surface area contributed by atoms with Crippen molar-refractivity contribution >= 4 is 43.1 Å². The first-order valence-electron chi connectivity index (χ1n) is 22.7. The van der Waals surface area contributed by atoms with Crippen molar-refractivity contribution < 1.29 is 0 Å². The first-order chi connectivity index (χ1) is 31.2. The van der Waals surface area contributed by atoms with Crippen LogP contribution in [0.15, 0.2) is 206 Å². The van der Waals surface area contributed by atoms with Crippen molar-refractivity contribution in [3.05, 3.63) is 229 Å². The Morgan fingerprint density at radius 1 is 0.234 bits per heavy atom. The maximum absolute atomic E-state index is 2.52. The van der Waals surface area contributed by atoms with E-state index in [0.717, 1.165) is 0 Å². The second-order valence-corrected chi connectivity index (χ2v) is 19.2. The monoisotopic (exact) mass is 814 g/mol. The zero-order chi connectivity index (χ0) is 42.9. The summed E-state index contributed by atoms with van der Waals surface area (Å²) in [7, 11) is 0. The molecule has 0 amide bonds. The highest BCUT2D eigenvalue weighted by atomic mass is 14.4. The molecule has 11 aromatic carbocycles. The maximum Gasteiger partial charge on any atom is 0.0159 e. The standard InChI is InChI=1S/C64H46/c1-63(2)56-22-12-11-20-53(56)62-54(21-13-23-57(62)63)61-51-19-10-9-18-50(51)60(52-33-29-45(36-55(52)61)43-26-24-39-14-5-7-16-41(39)34-43)47-30-32-49-48-31-28-46(37-58(48)64(3,4)59(49)38-47)44-27-25-40-15-6-8-17-42(40)35-44/h5-38H,1-4H3. The predicted octanol–water partition coefficient (Wildman–Crippen LogP) is 17.6. The average Bonchev–Trinajstić information content (AvgIpc) is 3.71. The van der Waals surface area contributed by atoms with E-state index < -0.39 is 0 Å². The Balaban J connectivity index is 1.04. The van der Waals surface area contributed by atoms with Crippen molar-refractivity contribution in [1.29, 1.82) is 0 Å². The fourth-order valence-electron chi connectivity index (χ4n) is 11.7. The van der Waals surface area contributed by atoms with E-state index in [1.54, 1.807) is 0 Å². The second-order valence-electron chi connectivity index (χ2n) is 19.2. The van der Waals surface area contributed by atoms with Crippen LogP contribution >= 0.6 is 0 Å². The number of benzene rings is 11. The Morgan fingerprint density at radius 2 is 0.688 bits per heavy atom. The first kappa shape index (κ1) is 37.1. The maximum atomic E-state index is 2.52. The lowest BCUT2D eigenvalue weighted by Gasteiger charge is -2.24. The Bertz CT molecular complexity index is 3780. The Hall–Kier alpha value is -7.54. The summed E-state index contributed by atoms with van der Waals surface area (Å²) < 4.78 is 0. The molecule has 0 saturated heterocycles. The lowest BCUT2D eigenvalue weighted by molar-refractivity contribution is 0.660. The lowest BCUT2D eigenvalue weighted by atomic mass is 9.79. The van der Waals surface area contributed by atoms with Gasteiger partial charge in [0.2, 0.25) is 0 Å². The third-order valence-electron chi connectivity index (χ3n) is 15.0. The molecule has 0 heteroatoms. The van der Waals surface area contributed by atoms with E-state index >= 15 is 0 Å². The highest BCUT2D eigenvalue weighted by Gasteiger charge is 2.38. The molecule has 0 spiro atoms. The summed E-state index contributed by atoms with van der Waals surface area (Å²) in [5.74, 6) is 0. The van der Waals surface area contributed by atoms with Crippen LogP contribution < -0.4 is 0 Å². The molecule has 0 heterocycles. The van der Waals surface area contributed by atoms with E-state index in [4.69, 9.17) is 0 Å². The molecule has 0 aliphatic heterocycles. The minimum atomic E-state index is -0.187. The molecule has 0 saturated carbocycles. The van der Waals surface area contributed by atoms with Gasteiger partial charge < -0.3 is 0 Å². The van der Waals surface area contributed by atoms with Gasteiger partial charge in [-0.2, -0.15) is 0 Å². The summed E-state index contributed by atoms with van der Waals surface area (Å²) in [6.07, 6.45) is 0. The molecular weight excluding hydrogens is 769 g/mol. The van der Waals surface area contributed by atoms with E-state index in [0.29, 0.717) is 0 Å². The van der Waals surface area contributed by atoms with Crippen LogP contribution in [0.4, 0.5) is 0 Å². The molecule has 0 N–H and O–H groups in total. The van der Waals surface area contributed by atoms with Crippen LogP contribution in [0.3, 0.4) is 0 Å². The first-order valence-corrected chi connectivity index (χ1v) is 22.7. The molecule has 64 heavy (non-hydrogen) atoms. The highest BCUT2D eigenvalue weighted by Crippen LogP contribution is 2.56. The summed E-state index contributed by atoms with van der Waals surface area (Å²) >= 11 is 0. The fraction of sp³-hybridized carbons (Fsp3) is 0.0938. The van der Waals surface area contributed by atoms with E-state index in [1.165, 1.54) is 132 Å². The molecular formula is C64H46. The minimum Gasteiger partial charge on any atom is -0.0619 e. The Morgan fingerprint density at radius 3 is 1.38 bits per heavy atom. The van der Waals surface area contributed by atoms with E-state index in [1.807, 2.05) is 0 Å². The third kappa shape index (κ3) is 5.29. The summed E-state index contributed by atoms with van der Waals surface area (Å²) in [4.78, 5) is 0.